The van der Waals surface area contributed by atoms with Crippen molar-refractivity contribution in [3.05, 3.63) is 12.2 Å². The predicted molar refractivity (Wildman–Crippen MR) is 284 cm³/mol. The molecule has 0 aliphatic rings. The Kier molecular flexibility index (Phi) is 53.1. The number of esters is 2. The maximum absolute atomic E-state index is 12.6. The van der Waals surface area contributed by atoms with Gasteiger partial charge in [-0.25, -0.2) is 4.57 Å². The van der Waals surface area contributed by atoms with Crippen LogP contribution in [0.3, 0.4) is 0 Å². The van der Waals surface area contributed by atoms with Crippen molar-refractivity contribution in [2.45, 2.75) is 315 Å². The van der Waals surface area contributed by atoms with Crippen LogP contribution >= 0.6 is 7.82 Å². The van der Waals surface area contributed by atoms with Gasteiger partial charge in [-0.1, -0.05) is 276 Å². The van der Waals surface area contributed by atoms with Gasteiger partial charge in [0.2, 0.25) is 0 Å². The topological polar surface area (TPSA) is 134 Å². The molecule has 0 heterocycles. The average molecular weight is 970 g/mol. The molecule has 398 valence electrons. The van der Waals surface area contributed by atoms with Gasteiger partial charge in [-0.15, -0.1) is 0 Å². The predicted octanol–water partition coefficient (Wildman–Crippen LogP) is 18.1. The zero-order chi connectivity index (χ0) is 48.8. The molecule has 0 saturated heterocycles. The third-order valence-corrected chi connectivity index (χ3v) is 14.1. The van der Waals surface area contributed by atoms with Crippen LogP contribution in [-0.4, -0.2) is 49.3 Å². The molecule has 0 rings (SSSR count). The summed E-state index contributed by atoms with van der Waals surface area (Å²) in [5.41, 5.74) is 5.36. The molecule has 0 amide bonds. The molecule has 9 nitrogen and oxygen atoms in total. The number of carbonyl (C=O) groups excluding carboxylic acids is 2. The lowest BCUT2D eigenvalue weighted by molar-refractivity contribution is -0.161. The summed E-state index contributed by atoms with van der Waals surface area (Å²) >= 11 is 0. The maximum Gasteiger partial charge on any atom is 0.472 e. The zero-order valence-corrected chi connectivity index (χ0v) is 45.3. The lowest BCUT2D eigenvalue weighted by Gasteiger charge is -2.19. The molecule has 10 heteroatoms. The highest BCUT2D eigenvalue weighted by atomic mass is 31.2. The van der Waals surface area contributed by atoms with Crippen molar-refractivity contribution in [3.8, 4) is 0 Å². The van der Waals surface area contributed by atoms with Crippen molar-refractivity contribution in [2.24, 2.45) is 5.73 Å². The molecule has 67 heavy (non-hydrogen) atoms. The van der Waals surface area contributed by atoms with Gasteiger partial charge in [-0.05, 0) is 32.1 Å². The van der Waals surface area contributed by atoms with Crippen molar-refractivity contribution in [3.63, 3.8) is 0 Å². The van der Waals surface area contributed by atoms with Gasteiger partial charge in [0.05, 0.1) is 13.2 Å². The van der Waals surface area contributed by atoms with Crippen LogP contribution in [0.5, 0.6) is 0 Å². The summed E-state index contributed by atoms with van der Waals surface area (Å²) in [7, 11) is -4.38. The van der Waals surface area contributed by atoms with Gasteiger partial charge in [0.15, 0.2) is 6.10 Å². The van der Waals surface area contributed by atoms with Gasteiger partial charge in [-0.3, -0.25) is 18.6 Å². The molecule has 3 N–H and O–H groups in total. The van der Waals surface area contributed by atoms with Gasteiger partial charge in [0.25, 0.3) is 0 Å². The van der Waals surface area contributed by atoms with Crippen LogP contribution in [0.1, 0.15) is 309 Å². The number of hydrogen-bond donors (Lipinski definition) is 2. The van der Waals surface area contributed by atoms with E-state index in [0.717, 1.165) is 57.8 Å². The normalized spacial score (nSPS) is 13.1. The molecule has 0 bridgehead atoms. The summed E-state index contributed by atoms with van der Waals surface area (Å²) in [5, 5.41) is 0. The number of ether oxygens (including phenoxy) is 2. The van der Waals surface area contributed by atoms with Gasteiger partial charge in [0.1, 0.15) is 6.61 Å². The van der Waals surface area contributed by atoms with Crippen LogP contribution in [0.2, 0.25) is 0 Å². The highest BCUT2D eigenvalue weighted by Crippen LogP contribution is 2.43. The smallest absolute Gasteiger partial charge is 0.462 e. The van der Waals surface area contributed by atoms with Crippen molar-refractivity contribution in [2.75, 3.05) is 26.4 Å². The molecule has 2 atom stereocenters. The summed E-state index contributed by atoms with van der Waals surface area (Å²) in [4.78, 5) is 34.9. The van der Waals surface area contributed by atoms with Crippen LogP contribution in [0, 0.1) is 0 Å². The number of phosphoric acid groups is 1. The van der Waals surface area contributed by atoms with Crippen LogP contribution in [0.15, 0.2) is 12.2 Å². The second-order valence-corrected chi connectivity index (χ2v) is 21.3. The number of unbranched alkanes of at least 4 members (excludes halogenated alkanes) is 41. The van der Waals surface area contributed by atoms with E-state index in [-0.39, 0.29) is 38.6 Å². The van der Waals surface area contributed by atoms with Gasteiger partial charge >= 0.3 is 19.8 Å². The van der Waals surface area contributed by atoms with Crippen LogP contribution in [-0.2, 0) is 32.7 Å². The second-order valence-electron chi connectivity index (χ2n) is 19.9. The highest BCUT2D eigenvalue weighted by molar-refractivity contribution is 7.47. The monoisotopic (exact) mass is 970 g/mol. The summed E-state index contributed by atoms with van der Waals surface area (Å²) in [6, 6.07) is 0. The molecule has 0 aliphatic carbocycles. The van der Waals surface area contributed by atoms with E-state index >= 15 is 0 Å². The third-order valence-electron chi connectivity index (χ3n) is 13.1. The average Bonchev–Trinajstić information content (AvgIpc) is 3.32. The Labute approximate surface area is 415 Å². The van der Waals surface area contributed by atoms with E-state index in [4.69, 9.17) is 24.3 Å². The van der Waals surface area contributed by atoms with Crippen molar-refractivity contribution in [1.29, 1.82) is 0 Å². The van der Waals surface area contributed by atoms with E-state index in [9.17, 15) is 19.0 Å². The Bertz CT molecular complexity index is 1110. The summed E-state index contributed by atoms with van der Waals surface area (Å²) in [5.74, 6) is -0.826. The fourth-order valence-corrected chi connectivity index (χ4v) is 9.58. The number of carbonyl (C=O) groups is 2. The molecular weight excluding hydrogens is 858 g/mol. The van der Waals surface area contributed by atoms with Crippen molar-refractivity contribution < 1.29 is 37.6 Å². The second kappa shape index (κ2) is 54.1. The summed E-state index contributed by atoms with van der Waals surface area (Å²) in [6.45, 7) is 3.71. The lowest BCUT2D eigenvalue weighted by atomic mass is 10.0. The molecule has 0 aromatic rings. The SMILES string of the molecule is CCC/C=C\CCCCCCCC(=O)OC(COC(=O)CCCCCCCCCCCCCCCCCCCCCCCCCCCCCCCCCCCCCC)COP(=O)(O)OCCN. The quantitative estimate of drug-likeness (QED) is 0.0264. The van der Waals surface area contributed by atoms with Crippen LogP contribution in [0.25, 0.3) is 0 Å². The lowest BCUT2D eigenvalue weighted by Crippen LogP contribution is -2.29. The first-order chi connectivity index (χ1) is 32.8. The van der Waals surface area contributed by atoms with Crippen molar-refractivity contribution >= 4 is 19.8 Å². The summed E-state index contributed by atoms with van der Waals surface area (Å²) < 4.78 is 32.8. The minimum atomic E-state index is -4.38. The molecule has 0 fully saturated rings. The van der Waals surface area contributed by atoms with Gasteiger partial charge in [-0.2, -0.15) is 0 Å². The van der Waals surface area contributed by atoms with E-state index < -0.39 is 26.5 Å². The maximum atomic E-state index is 12.6. The van der Waals surface area contributed by atoms with E-state index in [0.29, 0.717) is 6.42 Å². The molecule has 0 aliphatic heterocycles. The molecule has 0 aromatic heterocycles. The Hall–Kier alpha value is -1.25. The van der Waals surface area contributed by atoms with E-state index in [2.05, 4.69) is 26.0 Å². The molecule has 0 saturated carbocycles. The summed E-state index contributed by atoms with van der Waals surface area (Å²) in [6.07, 6.45) is 61.8. The third kappa shape index (κ3) is 53.9. The molecular formula is C57H112NO8P. The van der Waals surface area contributed by atoms with Gasteiger partial charge in [0, 0.05) is 19.4 Å². The largest absolute Gasteiger partial charge is 0.472 e. The Morgan fingerprint density at radius 1 is 0.433 bits per heavy atom. The molecule has 0 aromatic carbocycles. The number of rotatable bonds is 56. The van der Waals surface area contributed by atoms with E-state index in [1.807, 2.05) is 0 Å². The minimum absolute atomic E-state index is 0.0548. The molecule has 0 radical (unpaired) electrons. The molecule has 2 unspecified atom stereocenters. The Balaban J connectivity index is 3.67. The van der Waals surface area contributed by atoms with Crippen molar-refractivity contribution in [1.82, 2.24) is 0 Å². The minimum Gasteiger partial charge on any atom is -0.462 e. The standard InChI is InChI=1S/C57H112NO8P/c1-3-5-7-9-11-13-15-16-17-18-19-20-21-22-23-24-25-26-27-28-29-30-31-32-33-34-35-36-37-38-39-40-42-43-45-47-49-56(59)63-53-55(54-65-67(61,62)64-52-51-58)66-57(60)50-48-46-44-41-14-12-10-8-6-4-2/h8,10,55H,3-7,9,11-54,58H2,1-2H3,(H,61,62)/b10-8-. The Morgan fingerprint density at radius 3 is 1.12 bits per heavy atom. The fourth-order valence-electron chi connectivity index (χ4n) is 8.82. The first kappa shape index (κ1) is 65.8. The number of nitrogens with two attached hydrogens (primary N) is 1. The molecule has 0 spiro atoms. The van der Waals surface area contributed by atoms with E-state index in [1.165, 1.54) is 218 Å². The first-order valence-corrected chi connectivity index (χ1v) is 30.7. The highest BCUT2D eigenvalue weighted by Gasteiger charge is 2.26. The fraction of sp³-hybridized carbons (Fsp3) is 0.930. The number of hydrogen-bond acceptors (Lipinski definition) is 8. The van der Waals surface area contributed by atoms with Crippen LogP contribution < -0.4 is 5.73 Å². The first-order valence-electron chi connectivity index (χ1n) is 29.2. The Morgan fingerprint density at radius 2 is 0.761 bits per heavy atom. The van der Waals surface area contributed by atoms with Gasteiger partial charge < -0.3 is 20.1 Å². The van der Waals surface area contributed by atoms with Crippen LogP contribution in [0.4, 0.5) is 0 Å². The zero-order valence-electron chi connectivity index (χ0n) is 44.4. The number of allylic oxidation sites excluding steroid dienone is 2. The van der Waals surface area contributed by atoms with E-state index in [1.54, 1.807) is 0 Å². The number of phosphoric ester groups is 1.